The molecular weight excluding hydrogens is 618 g/mol. The number of aliphatic hydroxyl groups is 3. The first kappa shape index (κ1) is 48.8. The molecule has 0 heterocycles. The molecule has 0 aromatic rings. The highest BCUT2D eigenvalue weighted by Gasteiger charge is 2.22. The maximum Gasteiger partial charge on any atom is 0.249 e. The monoisotopic (exact) mass is 706 g/mol. The lowest BCUT2D eigenvalue weighted by atomic mass is 10.0. The van der Waals surface area contributed by atoms with Gasteiger partial charge in [-0.3, -0.25) is 4.79 Å². The van der Waals surface area contributed by atoms with Crippen molar-refractivity contribution in [3.8, 4) is 0 Å². The molecule has 0 bridgehead atoms. The SMILES string of the molecule is CCCCCCCC/C=C\CCCCC(O)C(=O)NC(CO)C(O)/C=C/CCCCCCCCCCCCCCCCCCCCCCCC. The molecule has 1 amide bonds. The van der Waals surface area contributed by atoms with Crippen molar-refractivity contribution in [1.82, 2.24) is 5.32 Å². The number of hydrogen-bond donors (Lipinski definition) is 4. The van der Waals surface area contributed by atoms with E-state index >= 15 is 0 Å². The van der Waals surface area contributed by atoms with E-state index in [0.29, 0.717) is 6.42 Å². The number of unbranched alkanes of at least 4 members (excludes halogenated alkanes) is 30. The van der Waals surface area contributed by atoms with E-state index in [-0.39, 0.29) is 6.61 Å². The summed E-state index contributed by atoms with van der Waals surface area (Å²) in [7, 11) is 0. The fraction of sp³-hybridized carbons (Fsp3) is 0.889. The quantitative estimate of drug-likeness (QED) is 0.0377. The molecule has 5 heteroatoms. The first-order valence-corrected chi connectivity index (χ1v) is 22.2. The van der Waals surface area contributed by atoms with Crippen LogP contribution in [0.1, 0.15) is 232 Å². The summed E-state index contributed by atoms with van der Waals surface area (Å²) in [5.74, 6) is -0.519. The van der Waals surface area contributed by atoms with Crippen LogP contribution in [-0.4, -0.2) is 46.1 Å². The molecular formula is C45H87NO4. The van der Waals surface area contributed by atoms with Crippen LogP contribution in [0.5, 0.6) is 0 Å². The summed E-state index contributed by atoms with van der Waals surface area (Å²) in [5, 5.41) is 33.0. The summed E-state index contributed by atoms with van der Waals surface area (Å²) in [4.78, 5) is 12.4. The molecule has 0 saturated carbocycles. The second kappa shape index (κ2) is 40.6. The van der Waals surface area contributed by atoms with Crippen LogP contribution in [-0.2, 0) is 4.79 Å². The van der Waals surface area contributed by atoms with Crippen molar-refractivity contribution in [1.29, 1.82) is 0 Å². The van der Waals surface area contributed by atoms with Gasteiger partial charge < -0.3 is 20.6 Å². The topological polar surface area (TPSA) is 89.8 Å². The molecule has 0 aliphatic carbocycles. The Morgan fingerprint density at radius 3 is 1.16 bits per heavy atom. The predicted octanol–water partition coefficient (Wildman–Crippen LogP) is 12.6. The number of rotatable bonds is 40. The minimum absolute atomic E-state index is 0.368. The Morgan fingerprint density at radius 1 is 0.480 bits per heavy atom. The minimum Gasteiger partial charge on any atom is -0.394 e. The number of nitrogens with one attached hydrogen (secondary N) is 1. The Balaban J connectivity index is 3.62. The molecule has 0 spiro atoms. The maximum atomic E-state index is 12.4. The Hall–Kier alpha value is -1.17. The number of carbonyl (C=O) groups is 1. The van der Waals surface area contributed by atoms with Crippen LogP contribution in [0.4, 0.5) is 0 Å². The highest BCUT2D eigenvalue weighted by molar-refractivity contribution is 5.80. The van der Waals surface area contributed by atoms with Crippen molar-refractivity contribution in [2.45, 2.75) is 250 Å². The summed E-state index contributed by atoms with van der Waals surface area (Å²) < 4.78 is 0. The van der Waals surface area contributed by atoms with Gasteiger partial charge >= 0.3 is 0 Å². The van der Waals surface area contributed by atoms with Crippen molar-refractivity contribution in [2.24, 2.45) is 0 Å². The second-order valence-electron chi connectivity index (χ2n) is 15.3. The lowest BCUT2D eigenvalue weighted by molar-refractivity contribution is -0.131. The van der Waals surface area contributed by atoms with E-state index in [1.807, 2.05) is 6.08 Å². The van der Waals surface area contributed by atoms with Crippen LogP contribution < -0.4 is 5.32 Å². The van der Waals surface area contributed by atoms with Gasteiger partial charge in [-0.2, -0.15) is 0 Å². The zero-order valence-electron chi connectivity index (χ0n) is 33.5. The van der Waals surface area contributed by atoms with Gasteiger partial charge in [0.25, 0.3) is 0 Å². The van der Waals surface area contributed by atoms with Crippen LogP contribution in [0.15, 0.2) is 24.3 Å². The number of amides is 1. The summed E-state index contributed by atoms with van der Waals surface area (Å²) in [6.45, 7) is 4.17. The number of carbonyl (C=O) groups excluding carboxylic acids is 1. The van der Waals surface area contributed by atoms with Crippen LogP contribution in [0, 0.1) is 0 Å². The Morgan fingerprint density at radius 2 is 0.800 bits per heavy atom. The van der Waals surface area contributed by atoms with E-state index in [1.165, 1.54) is 173 Å². The molecule has 5 nitrogen and oxygen atoms in total. The van der Waals surface area contributed by atoms with Gasteiger partial charge in [-0.1, -0.05) is 212 Å². The average molecular weight is 706 g/mol. The molecule has 0 aromatic heterocycles. The Kier molecular flexibility index (Phi) is 39.6. The normalized spacial score (nSPS) is 13.8. The van der Waals surface area contributed by atoms with E-state index in [2.05, 4.69) is 31.3 Å². The van der Waals surface area contributed by atoms with Gasteiger partial charge in [-0.25, -0.2) is 0 Å². The van der Waals surface area contributed by atoms with Crippen molar-refractivity contribution < 1.29 is 20.1 Å². The summed E-state index contributed by atoms with van der Waals surface area (Å²) in [6, 6.07) is -0.803. The molecule has 3 unspecified atom stereocenters. The smallest absolute Gasteiger partial charge is 0.249 e. The van der Waals surface area contributed by atoms with Gasteiger partial charge in [-0.15, -0.1) is 0 Å². The van der Waals surface area contributed by atoms with E-state index in [1.54, 1.807) is 6.08 Å². The Bertz CT molecular complexity index is 739. The van der Waals surface area contributed by atoms with Gasteiger partial charge in [-0.05, 0) is 44.9 Å². The zero-order chi connectivity index (χ0) is 36.6. The van der Waals surface area contributed by atoms with Crippen molar-refractivity contribution in [3.63, 3.8) is 0 Å². The van der Waals surface area contributed by atoms with E-state index in [0.717, 1.165) is 38.5 Å². The first-order valence-electron chi connectivity index (χ1n) is 22.2. The third-order valence-corrected chi connectivity index (χ3v) is 10.3. The van der Waals surface area contributed by atoms with Crippen molar-refractivity contribution in [2.75, 3.05) is 6.61 Å². The highest BCUT2D eigenvalue weighted by atomic mass is 16.3. The molecule has 0 saturated heterocycles. The largest absolute Gasteiger partial charge is 0.394 e. The van der Waals surface area contributed by atoms with Crippen LogP contribution in [0.2, 0.25) is 0 Å². The van der Waals surface area contributed by atoms with E-state index in [4.69, 9.17) is 0 Å². The second-order valence-corrected chi connectivity index (χ2v) is 15.3. The summed E-state index contributed by atoms with van der Waals surface area (Å²) in [6.07, 6.45) is 49.4. The van der Waals surface area contributed by atoms with Gasteiger partial charge in [0.2, 0.25) is 5.91 Å². The van der Waals surface area contributed by atoms with Gasteiger partial charge in [0.05, 0.1) is 18.8 Å². The molecule has 296 valence electrons. The average Bonchev–Trinajstić information content (AvgIpc) is 3.12. The molecule has 0 aliphatic rings. The third-order valence-electron chi connectivity index (χ3n) is 10.3. The molecule has 4 N–H and O–H groups in total. The molecule has 0 aliphatic heterocycles. The van der Waals surface area contributed by atoms with Crippen molar-refractivity contribution >= 4 is 5.91 Å². The molecule has 0 fully saturated rings. The lowest BCUT2D eigenvalue weighted by Crippen LogP contribution is -2.48. The number of hydrogen-bond acceptors (Lipinski definition) is 4. The minimum atomic E-state index is -1.11. The van der Waals surface area contributed by atoms with E-state index < -0.39 is 24.2 Å². The van der Waals surface area contributed by atoms with Gasteiger partial charge in [0.1, 0.15) is 6.10 Å². The van der Waals surface area contributed by atoms with Crippen LogP contribution in [0.25, 0.3) is 0 Å². The standard InChI is InChI=1S/C45H87NO4/c1-3-5-7-9-11-13-15-17-18-19-20-21-22-23-24-25-26-27-28-30-31-33-35-37-39-43(48)42(41-47)46-45(50)44(49)40-38-36-34-32-29-16-14-12-10-8-6-4-2/h29,32,37,39,42-44,47-49H,3-28,30-31,33-36,38,40-41H2,1-2H3,(H,46,50)/b32-29-,39-37+. The molecule has 3 atom stereocenters. The zero-order valence-corrected chi connectivity index (χ0v) is 33.5. The number of allylic oxidation sites excluding steroid dienone is 3. The van der Waals surface area contributed by atoms with E-state index in [9.17, 15) is 20.1 Å². The van der Waals surface area contributed by atoms with Crippen LogP contribution >= 0.6 is 0 Å². The summed E-state index contributed by atoms with van der Waals surface area (Å²) in [5.41, 5.74) is 0. The fourth-order valence-electron chi connectivity index (χ4n) is 6.77. The molecule has 0 radical (unpaired) electrons. The first-order chi connectivity index (χ1) is 24.6. The van der Waals surface area contributed by atoms with Crippen molar-refractivity contribution in [3.05, 3.63) is 24.3 Å². The van der Waals surface area contributed by atoms with Gasteiger partial charge in [0.15, 0.2) is 0 Å². The maximum absolute atomic E-state index is 12.4. The summed E-state index contributed by atoms with van der Waals surface area (Å²) >= 11 is 0. The lowest BCUT2D eigenvalue weighted by Gasteiger charge is -2.21. The molecule has 50 heavy (non-hydrogen) atoms. The third kappa shape index (κ3) is 35.2. The Labute approximate surface area is 312 Å². The highest BCUT2D eigenvalue weighted by Crippen LogP contribution is 2.16. The van der Waals surface area contributed by atoms with Gasteiger partial charge in [0, 0.05) is 0 Å². The van der Waals surface area contributed by atoms with Crippen LogP contribution in [0.3, 0.4) is 0 Å². The molecule has 0 rings (SSSR count). The fourth-order valence-corrected chi connectivity index (χ4v) is 6.77. The number of aliphatic hydroxyl groups excluding tert-OH is 3. The predicted molar refractivity (Wildman–Crippen MR) is 218 cm³/mol. The molecule has 0 aromatic carbocycles.